The highest BCUT2D eigenvalue weighted by atomic mass is 16.5. The van der Waals surface area contributed by atoms with Crippen LogP contribution < -0.4 is 4.74 Å². The number of hydrogen-bond donors (Lipinski definition) is 0. The van der Waals surface area contributed by atoms with Crippen LogP contribution in [0.5, 0.6) is 5.75 Å². The van der Waals surface area contributed by atoms with Crippen molar-refractivity contribution in [2.75, 3.05) is 33.3 Å². The van der Waals surface area contributed by atoms with Crippen molar-refractivity contribution in [3.05, 3.63) is 83.7 Å². The van der Waals surface area contributed by atoms with Crippen molar-refractivity contribution in [2.24, 2.45) is 0 Å². The molecule has 1 fully saturated rings. The van der Waals surface area contributed by atoms with E-state index in [1.165, 1.54) is 5.56 Å². The Morgan fingerprint density at radius 2 is 1.64 bits per heavy atom. The van der Waals surface area contributed by atoms with Crippen LogP contribution in [0.3, 0.4) is 0 Å². The third-order valence-electron chi connectivity index (χ3n) is 6.71. The van der Waals surface area contributed by atoms with Gasteiger partial charge >= 0.3 is 0 Å². The Morgan fingerprint density at radius 3 is 2.28 bits per heavy atom. The Labute approximate surface area is 212 Å². The van der Waals surface area contributed by atoms with E-state index in [4.69, 9.17) is 14.8 Å². The number of carbonyl (C=O) groups excluding carboxylic acids is 1. The van der Waals surface area contributed by atoms with Crippen LogP contribution in [0.2, 0.25) is 0 Å². The summed E-state index contributed by atoms with van der Waals surface area (Å²) in [5, 5.41) is 4.81. The average Bonchev–Trinajstić information content (AvgIpc) is 3.34. The standard InChI is InChI=1S/C29H33N5O2/c1-29(2,3)26-19-27-30-24(22-10-12-23(36-4)13-11-22)18-25(34(27)31-26)28(35)33-16-14-32(15-17-33)20-21-8-6-5-7-9-21/h5-13,18-19H,14-17,20H2,1-4H3. The highest BCUT2D eigenvalue weighted by Crippen LogP contribution is 2.27. The number of carbonyl (C=O) groups is 1. The number of hydrogen-bond acceptors (Lipinski definition) is 5. The maximum Gasteiger partial charge on any atom is 0.272 e. The van der Waals surface area contributed by atoms with Crippen molar-refractivity contribution in [1.82, 2.24) is 24.4 Å². The van der Waals surface area contributed by atoms with Gasteiger partial charge in [0.2, 0.25) is 0 Å². The van der Waals surface area contributed by atoms with Crippen LogP contribution in [-0.2, 0) is 12.0 Å². The Kier molecular flexibility index (Phi) is 6.49. The Bertz CT molecular complexity index is 1350. The van der Waals surface area contributed by atoms with Gasteiger partial charge in [-0.15, -0.1) is 0 Å². The fourth-order valence-corrected chi connectivity index (χ4v) is 4.52. The van der Waals surface area contributed by atoms with Gasteiger partial charge in [0.05, 0.1) is 18.5 Å². The number of piperazine rings is 1. The first kappa shape index (κ1) is 24.0. The van der Waals surface area contributed by atoms with Gasteiger partial charge in [0.1, 0.15) is 11.4 Å². The third-order valence-corrected chi connectivity index (χ3v) is 6.71. The molecule has 1 amide bonds. The molecule has 2 aromatic heterocycles. The molecule has 0 atom stereocenters. The van der Waals surface area contributed by atoms with Crippen LogP contribution in [0.25, 0.3) is 16.9 Å². The first-order valence-electron chi connectivity index (χ1n) is 12.4. The highest BCUT2D eigenvalue weighted by Gasteiger charge is 2.27. The van der Waals surface area contributed by atoms with E-state index in [9.17, 15) is 4.79 Å². The van der Waals surface area contributed by atoms with Crippen LogP contribution in [0, 0.1) is 0 Å². The molecule has 0 aliphatic carbocycles. The summed E-state index contributed by atoms with van der Waals surface area (Å²) in [6.45, 7) is 10.3. The van der Waals surface area contributed by atoms with Crippen molar-refractivity contribution in [3.8, 4) is 17.0 Å². The van der Waals surface area contributed by atoms with Gasteiger partial charge in [0.25, 0.3) is 5.91 Å². The molecular weight excluding hydrogens is 450 g/mol. The zero-order chi connectivity index (χ0) is 25.3. The SMILES string of the molecule is COc1ccc(-c2cc(C(=O)N3CCN(Cc4ccccc4)CC3)n3nc(C(C)(C)C)cc3n2)cc1. The number of benzene rings is 2. The monoisotopic (exact) mass is 483 g/mol. The fourth-order valence-electron chi connectivity index (χ4n) is 4.52. The van der Waals surface area contributed by atoms with E-state index >= 15 is 0 Å². The van der Waals surface area contributed by atoms with E-state index in [2.05, 4.69) is 49.9 Å². The summed E-state index contributed by atoms with van der Waals surface area (Å²) in [4.78, 5) is 23.0. The first-order valence-corrected chi connectivity index (χ1v) is 12.4. The zero-order valence-corrected chi connectivity index (χ0v) is 21.4. The van der Waals surface area contributed by atoms with E-state index in [1.807, 2.05) is 47.4 Å². The zero-order valence-electron chi connectivity index (χ0n) is 21.4. The number of amides is 1. The summed E-state index contributed by atoms with van der Waals surface area (Å²) in [6.07, 6.45) is 0. The van der Waals surface area contributed by atoms with E-state index in [0.717, 1.165) is 42.3 Å². The van der Waals surface area contributed by atoms with Gasteiger partial charge in [-0.25, -0.2) is 9.50 Å². The maximum atomic E-state index is 13.8. The molecular formula is C29H33N5O2. The van der Waals surface area contributed by atoms with E-state index < -0.39 is 0 Å². The second-order valence-electron chi connectivity index (χ2n) is 10.4. The van der Waals surface area contributed by atoms with Crippen molar-refractivity contribution < 1.29 is 9.53 Å². The average molecular weight is 484 g/mol. The highest BCUT2D eigenvalue weighted by molar-refractivity contribution is 5.94. The largest absolute Gasteiger partial charge is 0.497 e. The number of nitrogens with zero attached hydrogens (tertiary/aromatic N) is 5. The smallest absolute Gasteiger partial charge is 0.272 e. The fraction of sp³-hybridized carbons (Fsp3) is 0.345. The molecule has 1 aliphatic rings. The van der Waals surface area contributed by atoms with Gasteiger partial charge in [-0.1, -0.05) is 51.1 Å². The quantitative estimate of drug-likeness (QED) is 0.413. The summed E-state index contributed by atoms with van der Waals surface area (Å²) in [7, 11) is 1.65. The Morgan fingerprint density at radius 1 is 0.944 bits per heavy atom. The van der Waals surface area contributed by atoms with Gasteiger partial charge in [0.15, 0.2) is 5.65 Å². The van der Waals surface area contributed by atoms with E-state index in [-0.39, 0.29) is 11.3 Å². The topological polar surface area (TPSA) is 63.0 Å². The van der Waals surface area contributed by atoms with Crippen LogP contribution >= 0.6 is 0 Å². The van der Waals surface area contributed by atoms with Crippen molar-refractivity contribution in [1.29, 1.82) is 0 Å². The van der Waals surface area contributed by atoms with E-state index in [1.54, 1.807) is 11.6 Å². The van der Waals surface area contributed by atoms with Crippen LogP contribution in [-0.4, -0.2) is 63.6 Å². The Hall–Kier alpha value is -3.71. The van der Waals surface area contributed by atoms with E-state index in [0.29, 0.717) is 24.4 Å². The molecule has 1 saturated heterocycles. The number of ether oxygens (including phenoxy) is 1. The third kappa shape index (κ3) is 4.97. The second kappa shape index (κ2) is 9.74. The van der Waals surface area contributed by atoms with Crippen molar-refractivity contribution in [2.45, 2.75) is 32.7 Å². The molecule has 0 saturated carbocycles. The molecule has 36 heavy (non-hydrogen) atoms. The summed E-state index contributed by atoms with van der Waals surface area (Å²) in [5.41, 5.74) is 4.94. The molecule has 0 bridgehead atoms. The minimum atomic E-state index is -0.155. The lowest BCUT2D eigenvalue weighted by Crippen LogP contribution is -2.48. The molecule has 186 valence electrons. The summed E-state index contributed by atoms with van der Waals surface area (Å²) < 4.78 is 7.02. The summed E-state index contributed by atoms with van der Waals surface area (Å²) in [5.74, 6) is 0.768. The molecule has 0 N–H and O–H groups in total. The molecule has 4 aromatic rings. The summed E-state index contributed by atoms with van der Waals surface area (Å²) >= 11 is 0. The predicted molar refractivity (Wildman–Crippen MR) is 141 cm³/mol. The van der Waals surface area contributed by atoms with Gasteiger partial charge in [-0.3, -0.25) is 9.69 Å². The Balaban J connectivity index is 1.44. The molecule has 7 heteroatoms. The number of methoxy groups -OCH3 is 1. The van der Waals surface area contributed by atoms with Crippen LogP contribution in [0.15, 0.2) is 66.7 Å². The number of rotatable bonds is 5. The molecule has 2 aromatic carbocycles. The number of fused-ring (bicyclic) bond motifs is 1. The molecule has 5 rings (SSSR count). The normalized spacial score (nSPS) is 14.8. The summed E-state index contributed by atoms with van der Waals surface area (Å²) in [6, 6.07) is 22.1. The molecule has 1 aliphatic heterocycles. The lowest BCUT2D eigenvalue weighted by atomic mass is 9.93. The molecule has 3 heterocycles. The van der Waals surface area contributed by atoms with Crippen LogP contribution in [0.1, 0.15) is 42.5 Å². The van der Waals surface area contributed by atoms with Crippen LogP contribution in [0.4, 0.5) is 0 Å². The lowest BCUT2D eigenvalue weighted by Gasteiger charge is -2.34. The minimum Gasteiger partial charge on any atom is -0.497 e. The molecule has 0 spiro atoms. The van der Waals surface area contributed by atoms with Gasteiger partial charge < -0.3 is 9.64 Å². The first-order chi connectivity index (χ1) is 17.3. The van der Waals surface area contributed by atoms with Gasteiger partial charge in [-0.05, 0) is 35.9 Å². The predicted octanol–water partition coefficient (Wildman–Crippen LogP) is 4.66. The van der Waals surface area contributed by atoms with Gasteiger partial charge in [0, 0.05) is 49.8 Å². The molecule has 0 unspecified atom stereocenters. The molecule has 7 nitrogen and oxygen atoms in total. The second-order valence-corrected chi connectivity index (χ2v) is 10.4. The van der Waals surface area contributed by atoms with Gasteiger partial charge in [-0.2, -0.15) is 5.10 Å². The molecule has 0 radical (unpaired) electrons. The van der Waals surface area contributed by atoms with Crippen molar-refractivity contribution in [3.63, 3.8) is 0 Å². The lowest BCUT2D eigenvalue weighted by molar-refractivity contribution is 0.0619. The maximum absolute atomic E-state index is 13.8. The number of aromatic nitrogens is 3. The minimum absolute atomic E-state index is 0.0138. The van der Waals surface area contributed by atoms with Crippen molar-refractivity contribution >= 4 is 11.6 Å².